The Kier molecular flexibility index (Phi) is 7.77. The lowest BCUT2D eigenvalue weighted by Crippen LogP contribution is -2.49. The van der Waals surface area contributed by atoms with Crippen molar-refractivity contribution in [2.24, 2.45) is 5.92 Å². The van der Waals surface area contributed by atoms with Gasteiger partial charge in [-0.15, -0.1) is 0 Å². The first-order valence-electron chi connectivity index (χ1n) is 12.9. The van der Waals surface area contributed by atoms with Crippen molar-refractivity contribution >= 4 is 23.2 Å². The third-order valence-electron chi connectivity index (χ3n) is 7.13. The fraction of sp³-hybridized carbons (Fsp3) is 0.731. The van der Waals surface area contributed by atoms with Crippen molar-refractivity contribution in [1.82, 2.24) is 9.88 Å². The minimum Gasteiger partial charge on any atom is -0.461 e. The number of nitrogens with zero attached hydrogens (tertiary/aromatic N) is 3. The van der Waals surface area contributed by atoms with Crippen LogP contribution in [0, 0.1) is 11.3 Å². The zero-order chi connectivity index (χ0) is 24.3. The number of esters is 1. The number of rotatable bonds is 7. The number of pyridine rings is 1. The average molecular weight is 472 g/mol. The van der Waals surface area contributed by atoms with Gasteiger partial charge in [0.15, 0.2) is 5.69 Å². The molecule has 2 saturated heterocycles. The summed E-state index contributed by atoms with van der Waals surface area (Å²) in [5, 5.41) is 12.6. The maximum atomic E-state index is 12.7. The van der Waals surface area contributed by atoms with E-state index in [1.807, 2.05) is 13.0 Å². The molecule has 0 spiro atoms. The molecule has 3 heterocycles. The Balaban J connectivity index is 1.68. The summed E-state index contributed by atoms with van der Waals surface area (Å²) < 4.78 is 10.8. The summed E-state index contributed by atoms with van der Waals surface area (Å²) in [6.07, 6.45) is 5.40. The van der Waals surface area contributed by atoms with E-state index in [1.165, 1.54) is 6.42 Å². The van der Waals surface area contributed by atoms with Gasteiger partial charge in [-0.1, -0.05) is 6.42 Å². The molecule has 8 heteroatoms. The molecule has 0 atom stereocenters. The molecule has 2 aliphatic heterocycles. The monoisotopic (exact) mass is 471 g/mol. The lowest BCUT2D eigenvalue weighted by molar-refractivity contribution is 0.0115. The Morgan fingerprint density at radius 3 is 2.41 bits per heavy atom. The highest BCUT2D eigenvalue weighted by molar-refractivity contribution is 6.10. The van der Waals surface area contributed by atoms with E-state index in [1.54, 1.807) is 0 Å². The van der Waals surface area contributed by atoms with E-state index in [9.17, 15) is 4.79 Å². The van der Waals surface area contributed by atoms with Crippen LogP contribution in [0.1, 0.15) is 75.9 Å². The van der Waals surface area contributed by atoms with Crippen LogP contribution in [0.25, 0.3) is 0 Å². The zero-order valence-corrected chi connectivity index (χ0v) is 21.3. The standard InChI is InChI=1S/C26H41N5O3/c1-5-34-25(32)20-17-21(31-11-9-19(10-12-31)30-13-15-33-16-14-30)22(23(27)18-7-6-8-18)24(28-20)29-26(2,3)4/h17-19,27H,5-16H2,1-4H3,(H,28,29). The highest BCUT2D eigenvalue weighted by atomic mass is 16.5. The number of carbonyl (C=O) groups is 1. The maximum Gasteiger partial charge on any atom is 0.357 e. The first kappa shape index (κ1) is 24.9. The van der Waals surface area contributed by atoms with Crippen LogP contribution in [0.3, 0.4) is 0 Å². The van der Waals surface area contributed by atoms with E-state index < -0.39 is 5.97 Å². The SMILES string of the molecule is CCOC(=O)c1cc(N2CCC(N3CCOCC3)CC2)c(C(=N)C2CCC2)c(NC(C)(C)C)n1. The van der Waals surface area contributed by atoms with Gasteiger partial charge in [-0.2, -0.15) is 0 Å². The lowest BCUT2D eigenvalue weighted by Gasteiger charge is -2.42. The normalized spacial score (nSPS) is 20.6. The Morgan fingerprint density at radius 1 is 1.18 bits per heavy atom. The summed E-state index contributed by atoms with van der Waals surface area (Å²) in [6.45, 7) is 13.8. The third kappa shape index (κ3) is 5.71. The Bertz CT molecular complexity index is 879. The molecule has 1 saturated carbocycles. The Morgan fingerprint density at radius 2 is 1.85 bits per heavy atom. The first-order chi connectivity index (χ1) is 16.3. The first-order valence-corrected chi connectivity index (χ1v) is 12.9. The average Bonchev–Trinajstić information content (AvgIpc) is 2.77. The molecule has 1 aromatic rings. The molecule has 8 nitrogen and oxygen atoms in total. The second-order valence-electron chi connectivity index (χ2n) is 10.8. The summed E-state index contributed by atoms with van der Waals surface area (Å²) in [6, 6.07) is 2.43. The van der Waals surface area contributed by atoms with Crippen LogP contribution in [0.4, 0.5) is 11.5 Å². The van der Waals surface area contributed by atoms with Gasteiger partial charge in [0.1, 0.15) is 5.82 Å². The van der Waals surface area contributed by atoms with Crippen molar-refractivity contribution in [2.45, 2.75) is 71.4 Å². The van der Waals surface area contributed by atoms with Gasteiger partial charge in [0.25, 0.3) is 0 Å². The van der Waals surface area contributed by atoms with E-state index in [4.69, 9.17) is 19.9 Å². The van der Waals surface area contributed by atoms with Crippen LogP contribution >= 0.6 is 0 Å². The maximum absolute atomic E-state index is 12.7. The number of hydrogen-bond donors (Lipinski definition) is 2. The van der Waals surface area contributed by atoms with E-state index in [0.717, 1.165) is 76.3 Å². The number of morpholine rings is 1. The molecule has 2 N–H and O–H groups in total. The van der Waals surface area contributed by atoms with Crippen LogP contribution in [-0.4, -0.2) is 79.1 Å². The molecule has 0 radical (unpaired) electrons. The molecule has 0 amide bonds. The fourth-order valence-electron chi connectivity index (χ4n) is 5.12. The fourth-order valence-corrected chi connectivity index (χ4v) is 5.12. The van der Waals surface area contributed by atoms with Crippen molar-refractivity contribution < 1.29 is 14.3 Å². The molecule has 34 heavy (non-hydrogen) atoms. The smallest absolute Gasteiger partial charge is 0.357 e. The number of anilines is 2. The molecule has 0 aromatic carbocycles. The van der Waals surface area contributed by atoms with Gasteiger partial charge in [0, 0.05) is 49.4 Å². The van der Waals surface area contributed by atoms with Crippen LogP contribution < -0.4 is 10.2 Å². The number of aromatic nitrogens is 1. The van der Waals surface area contributed by atoms with Crippen LogP contribution in [0.15, 0.2) is 6.07 Å². The van der Waals surface area contributed by atoms with Gasteiger partial charge in [-0.05, 0) is 59.4 Å². The molecule has 3 aliphatic rings. The second kappa shape index (κ2) is 10.6. The second-order valence-corrected chi connectivity index (χ2v) is 10.8. The molecular formula is C26H41N5O3. The van der Waals surface area contributed by atoms with Crippen molar-refractivity contribution in [2.75, 3.05) is 56.2 Å². The van der Waals surface area contributed by atoms with E-state index in [2.05, 4.69) is 35.9 Å². The topological polar surface area (TPSA) is 90.8 Å². The summed E-state index contributed by atoms with van der Waals surface area (Å²) in [5.74, 6) is 0.478. The predicted octanol–water partition coefficient (Wildman–Crippen LogP) is 3.94. The summed E-state index contributed by atoms with van der Waals surface area (Å²) in [7, 11) is 0. The van der Waals surface area contributed by atoms with Gasteiger partial charge in [-0.25, -0.2) is 9.78 Å². The summed E-state index contributed by atoms with van der Waals surface area (Å²) in [5.41, 5.74) is 2.50. The number of piperidine rings is 1. The van der Waals surface area contributed by atoms with Crippen LogP contribution in [0.2, 0.25) is 0 Å². The van der Waals surface area contributed by atoms with Crippen molar-refractivity contribution in [3.8, 4) is 0 Å². The Hall–Kier alpha value is -2.19. The highest BCUT2D eigenvalue weighted by Gasteiger charge is 2.33. The largest absolute Gasteiger partial charge is 0.461 e. The molecule has 1 aliphatic carbocycles. The third-order valence-corrected chi connectivity index (χ3v) is 7.13. The summed E-state index contributed by atoms with van der Waals surface area (Å²) in [4.78, 5) is 22.4. The van der Waals surface area contributed by atoms with Gasteiger partial charge < -0.3 is 25.1 Å². The van der Waals surface area contributed by atoms with E-state index in [-0.39, 0.29) is 11.5 Å². The molecule has 3 fully saturated rings. The number of nitrogens with one attached hydrogen (secondary N) is 2. The van der Waals surface area contributed by atoms with Gasteiger partial charge >= 0.3 is 5.97 Å². The van der Waals surface area contributed by atoms with E-state index >= 15 is 0 Å². The van der Waals surface area contributed by atoms with Crippen molar-refractivity contribution in [3.05, 3.63) is 17.3 Å². The van der Waals surface area contributed by atoms with E-state index in [0.29, 0.717) is 29.9 Å². The lowest BCUT2D eigenvalue weighted by atomic mass is 9.78. The van der Waals surface area contributed by atoms with Gasteiger partial charge in [0.2, 0.25) is 0 Å². The van der Waals surface area contributed by atoms with Crippen LogP contribution in [-0.2, 0) is 9.47 Å². The Labute approximate surface area is 203 Å². The molecule has 188 valence electrons. The van der Waals surface area contributed by atoms with Gasteiger partial charge in [0.05, 0.1) is 31.1 Å². The zero-order valence-electron chi connectivity index (χ0n) is 21.3. The van der Waals surface area contributed by atoms with Gasteiger partial charge in [-0.3, -0.25) is 4.90 Å². The predicted molar refractivity (Wildman–Crippen MR) is 135 cm³/mol. The quantitative estimate of drug-likeness (QED) is 0.460. The molecule has 1 aromatic heterocycles. The molecule has 4 rings (SSSR count). The molecule has 0 bridgehead atoms. The molecule has 0 unspecified atom stereocenters. The highest BCUT2D eigenvalue weighted by Crippen LogP contribution is 2.38. The van der Waals surface area contributed by atoms with Crippen molar-refractivity contribution in [3.63, 3.8) is 0 Å². The molecular weight excluding hydrogens is 430 g/mol. The number of hydrogen-bond acceptors (Lipinski definition) is 8. The summed E-state index contributed by atoms with van der Waals surface area (Å²) >= 11 is 0. The minimum absolute atomic E-state index is 0.254. The minimum atomic E-state index is -0.411. The number of ether oxygens (including phenoxy) is 2. The van der Waals surface area contributed by atoms with Crippen molar-refractivity contribution in [1.29, 1.82) is 5.41 Å². The number of carbonyl (C=O) groups excluding carboxylic acids is 1. The van der Waals surface area contributed by atoms with Crippen LogP contribution in [0.5, 0.6) is 0 Å².